The van der Waals surface area contributed by atoms with Gasteiger partial charge in [-0.3, -0.25) is 4.90 Å². The summed E-state index contributed by atoms with van der Waals surface area (Å²) < 4.78 is 0. The Labute approximate surface area is 107 Å². The summed E-state index contributed by atoms with van der Waals surface area (Å²) in [7, 11) is 0. The number of likely N-dealkylation sites (tertiary alicyclic amines) is 1. The maximum absolute atomic E-state index is 3.78. The highest BCUT2D eigenvalue weighted by Gasteiger charge is 2.33. The Morgan fingerprint density at radius 2 is 2.06 bits per heavy atom. The van der Waals surface area contributed by atoms with Crippen molar-refractivity contribution in [2.45, 2.75) is 83.3 Å². The Morgan fingerprint density at radius 3 is 2.71 bits per heavy atom. The van der Waals surface area contributed by atoms with E-state index in [1.54, 1.807) is 0 Å². The van der Waals surface area contributed by atoms with Crippen molar-refractivity contribution in [3.8, 4) is 0 Å². The second-order valence-electron chi connectivity index (χ2n) is 6.63. The summed E-state index contributed by atoms with van der Waals surface area (Å²) >= 11 is 0. The van der Waals surface area contributed by atoms with Crippen molar-refractivity contribution < 1.29 is 0 Å². The molecule has 0 radical (unpaired) electrons. The number of piperidine rings is 2. The van der Waals surface area contributed by atoms with Gasteiger partial charge in [-0.2, -0.15) is 0 Å². The molecular formula is C15H30N2. The predicted octanol–water partition coefficient (Wildman–Crippen LogP) is 3.17. The van der Waals surface area contributed by atoms with Gasteiger partial charge in [-0.05, 0) is 66.0 Å². The number of hydrogen-bond donors (Lipinski definition) is 1. The van der Waals surface area contributed by atoms with Crippen LogP contribution in [0, 0.1) is 0 Å². The van der Waals surface area contributed by atoms with Gasteiger partial charge in [0.2, 0.25) is 0 Å². The van der Waals surface area contributed by atoms with Crippen molar-refractivity contribution in [1.29, 1.82) is 0 Å². The van der Waals surface area contributed by atoms with Gasteiger partial charge in [-0.15, -0.1) is 0 Å². The molecule has 2 nitrogen and oxygen atoms in total. The fourth-order valence-electron chi connectivity index (χ4n) is 3.73. The second-order valence-corrected chi connectivity index (χ2v) is 6.63. The zero-order valence-corrected chi connectivity index (χ0v) is 12.0. The Morgan fingerprint density at radius 1 is 1.24 bits per heavy atom. The zero-order chi connectivity index (χ0) is 12.3. The van der Waals surface area contributed by atoms with Gasteiger partial charge in [0.1, 0.15) is 0 Å². The van der Waals surface area contributed by atoms with Gasteiger partial charge in [-0.25, -0.2) is 0 Å². The molecule has 2 unspecified atom stereocenters. The summed E-state index contributed by atoms with van der Waals surface area (Å²) in [5.74, 6) is 0. The Balaban J connectivity index is 1.94. The molecule has 0 saturated carbocycles. The van der Waals surface area contributed by atoms with Crippen LogP contribution in [0.3, 0.4) is 0 Å². The summed E-state index contributed by atoms with van der Waals surface area (Å²) in [5.41, 5.74) is 0.410. The van der Waals surface area contributed by atoms with Gasteiger partial charge in [0.15, 0.2) is 0 Å². The lowest BCUT2D eigenvalue weighted by Gasteiger charge is -2.45. The van der Waals surface area contributed by atoms with Crippen LogP contribution in [0.15, 0.2) is 0 Å². The van der Waals surface area contributed by atoms with E-state index in [-0.39, 0.29) is 0 Å². The highest BCUT2D eigenvalue weighted by molar-refractivity contribution is 4.93. The van der Waals surface area contributed by atoms with Crippen LogP contribution in [0.5, 0.6) is 0 Å². The highest BCUT2D eigenvalue weighted by Crippen LogP contribution is 2.30. The molecule has 2 heteroatoms. The first-order chi connectivity index (χ1) is 8.11. The quantitative estimate of drug-likeness (QED) is 0.812. The summed E-state index contributed by atoms with van der Waals surface area (Å²) in [6.07, 6.45) is 9.75. The standard InChI is InChI=1S/C15H30N2/c1-13(2)17-11-7-4-8-14(17)12-15(3)9-5-6-10-16-15/h13-14,16H,4-12H2,1-3H3. The number of nitrogens with one attached hydrogen (secondary N) is 1. The minimum Gasteiger partial charge on any atom is -0.311 e. The maximum atomic E-state index is 3.78. The van der Waals surface area contributed by atoms with Crippen LogP contribution < -0.4 is 5.32 Å². The molecule has 0 aliphatic carbocycles. The van der Waals surface area contributed by atoms with Crippen LogP contribution in [-0.2, 0) is 0 Å². The fourth-order valence-corrected chi connectivity index (χ4v) is 3.73. The SMILES string of the molecule is CC(C)N1CCCCC1CC1(C)CCCCN1. The first-order valence-electron chi connectivity index (χ1n) is 7.61. The molecule has 2 heterocycles. The van der Waals surface area contributed by atoms with Crippen LogP contribution >= 0.6 is 0 Å². The molecule has 0 spiro atoms. The van der Waals surface area contributed by atoms with Gasteiger partial charge in [0.05, 0.1) is 0 Å². The van der Waals surface area contributed by atoms with E-state index in [0.717, 1.165) is 6.04 Å². The number of nitrogens with zero attached hydrogens (tertiary/aromatic N) is 1. The maximum Gasteiger partial charge on any atom is 0.0168 e. The first-order valence-corrected chi connectivity index (χ1v) is 7.61. The molecule has 2 fully saturated rings. The number of hydrogen-bond acceptors (Lipinski definition) is 2. The first kappa shape index (κ1) is 13.4. The zero-order valence-electron chi connectivity index (χ0n) is 12.0. The highest BCUT2D eigenvalue weighted by atomic mass is 15.2. The topological polar surface area (TPSA) is 15.3 Å². The van der Waals surface area contributed by atoms with Gasteiger partial charge in [0, 0.05) is 17.6 Å². The van der Waals surface area contributed by atoms with E-state index in [2.05, 4.69) is 31.0 Å². The summed E-state index contributed by atoms with van der Waals surface area (Å²) in [6.45, 7) is 9.70. The molecule has 0 aromatic heterocycles. The Bertz CT molecular complexity index is 231. The summed E-state index contributed by atoms with van der Waals surface area (Å²) in [6, 6.07) is 1.53. The molecule has 2 atom stereocenters. The van der Waals surface area contributed by atoms with E-state index in [1.165, 1.54) is 58.0 Å². The third-order valence-electron chi connectivity index (χ3n) is 4.73. The Kier molecular flexibility index (Phi) is 4.48. The van der Waals surface area contributed by atoms with Crippen molar-refractivity contribution in [2.24, 2.45) is 0 Å². The summed E-state index contributed by atoms with van der Waals surface area (Å²) in [5, 5.41) is 3.78. The molecule has 0 amide bonds. The molecule has 0 aromatic rings. The second kappa shape index (κ2) is 5.71. The average molecular weight is 238 g/mol. The molecule has 0 aromatic carbocycles. The lowest BCUT2D eigenvalue weighted by Crippen LogP contribution is -2.53. The fraction of sp³-hybridized carbons (Fsp3) is 1.00. The van der Waals surface area contributed by atoms with E-state index in [9.17, 15) is 0 Å². The van der Waals surface area contributed by atoms with Gasteiger partial charge < -0.3 is 5.32 Å². The van der Waals surface area contributed by atoms with Gasteiger partial charge >= 0.3 is 0 Å². The van der Waals surface area contributed by atoms with E-state index in [1.807, 2.05) is 0 Å². The smallest absolute Gasteiger partial charge is 0.0168 e. The molecule has 100 valence electrons. The molecule has 1 N–H and O–H groups in total. The molecule has 2 rings (SSSR count). The number of rotatable bonds is 3. The molecular weight excluding hydrogens is 208 g/mol. The summed E-state index contributed by atoms with van der Waals surface area (Å²) in [4.78, 5) is 2.74. The third-order valence-corrected chi connectivity index (χ3v) is 4.73. The normalized spacial score (nSPS) is 36.4. The lowest BCUT2D eigenvalue weighted by atomic mass is 9.82. The molecule has 2 saturated heterocycles. The molecule has 2 aliphatic heterocycles. The molecule has 0 bridgehead atoms. The van der Waals surface area contributed by atoms with E-state index < -0.39 is 0 Å². The van der Waals surface area contributed by atoms with E-state index in [4.69, 9.17) is 0 Å². The van der Waals surface area contributed by atoms with Crippen LogP contribution in [0.4, 0.5) is 0 Å². The Hall–Kier alpha value is -0.0800. The van der Waals surface area contributed by atoms with Crippen molar-refractivity contribution in [2.75, 3.05) is 13.1 Å². The van der Waals surface area contributed by atoms with E-state index in [0.29, 0.717) is 11.6 Å². The lowest BCUT2D eigenvalue weighted by molar-refractivity contribution is 0.0762. The minimum absolute atomic E-state index is 0.410. The predicted molar refractivity (Wildman–Crippen MR) is 74.4 cm³/mol. The van der Waals surface area contributed by atoms with Crippen molar-refractivity contribution in [1.82, 2.24) is 10.2 Å². The monoisotopic (exact) mass is 238 g/mol. The van der Waals surface area contributed by atoms with Gasteiger partial charge in [0.25, 0.3) is 0 Å². The van der Waals surface area contributed by atoms with Crippen molar-refractivity contribution >= 4 is 0 Å². The molecule has 17 heavy (non-hydrogen) atoms. The van der Waals surface area contributed by atoms with Crippen LogP contribution in [-0.4, -0.2) is 35.6 Å². The third kappa shape index (κ3) is 3.45. The average Bonchev–Trinajstić information content (AvgIpc) is 2.29. The van der Waals surface area contributed by atoms with Crippen molar-refractivity contribution in [3.05, 3.63) is 0 Å². The van der Waals surface area contributed by atoms with Crippen LogP contribution in [0.1, 0.15) is 65.7 Å². The van der Waals surface area contributed by atoms with Crippen molar-refractivity contribution in [3.63, 3.8) is 0 Å². The largest absolute Gasteiger partial charge is 0.311 e. The molecule has 2 aliphatic rings. The van der Waals surface area contributed by atoms with Gasteiger partial charge in [-0.1, -0.05) is 12.8 Å². The van der Waals surface area contributed by atoms with E-state index >= 15 is 0 Å². The van der Waals surface area contributed by atoms with Crippen LogP contribution in [0.2, 0.25) is 0 Å². The van der Waals surface area contributed by atoms with Crippen LogP contribution in [0.25, 0.3) is 0 Å². The minimum atomic E-state index is 0.410.